The van der Waals surface area contributed by atoms with Crippen LogP contribution in [0.5, 0.6) is 0 Å². The SMILES string of the molecule is NC(=O)[C@H]1CCN(C(=O)N2CC(c3ccc(NCC4(C(F)(F)F)CC4)nc3)C2)C1. The van der Waals surface area contributed by atoms with Crippen LogP contribution in [0.3, 0.4) is 0 Å². The number of amides is 3. The molecule has 3 amide bonds. The highest BCUT2D eigenvalue weighted by molar-refractivity contribution is 5.80. The minimum absolute atomic E-state index is 0.0851. The summed E-state index contributed by atoms with van der Waals surface area (Å²) in [4.78, 5) is 31.3. The fraction of sp³-hybridized carbons (Fsp3) is 0.632. The van der Waals surface area contributed by atoms with Crippen LogP contribution in [0.25, 0.3) is 0 Å². The van der Waals surface area contributed by atoms with Gasteiger partial charge in [0.2, 0.25) is 5.91 Å². The summed E-state index contributed by atoms with van der Waals surface area (Å²) in [6.45, 7) is 1.87. The second kappa shape index (κ2) is 7.07. The Hall–Kier alpha value is -2.52. The first-order chi connectivity index (χ1) is 13.7. The quantitative estimate of drug-likeness (QED) is 0.777. The molecule has 0 aromatic carbocycles. The van der Waals surface area contributed by atoms with Gasteiger partial charge in [-0.05, 0) is 30.9 Å². The van der Waals surface area contributed by atoms with Crippen LogP contribution in [0.4, 0.5) is 23.8 Å². The van der Waals surface area contributed by atoms with Gasteiger partial charge in [0.1, 0.15) is 5.82 Å². The lowest BCUT2D eigenvalue weighted by Crippen LogP contribution is -2.53. The molecule has 1 saturated carbocycles. The monoisotopic (exact) mass is 411 g/mol. The zero-order valence-corrected chi connectivity index (χ0v) is 15.9. The summed E-state index contributed by atoms with van der Waals surface area (Å²) >= 11 is 0. The Morgan fingerprint density at radius 1 is 1.21 bits per heavy atom. The van der Waals surface area contributed by atoms with Crippen molar-refractivity contribution < 1.29 is 22.8 Å². The number of alkyl halides is 3. The fourth-order valence-corrected chi connectivity index (χ4v) is 3.93. The summed E-state index contributed by atoms with van der Waals surface area (Å²) in [5, 5.41) is 2.79. The summed E-state index contributed by atoms with van der Waals surface area (Å²) in [5.41, 5.74) is 4.65. The predicted octanol–water partition coefficient (Wildman–Crippen LogP) is 2.16. The molecule has 1 aromatic rings. The van der Waals surface area contributed by atoms with E-state index in [1.54, 1.807) is 22.1 Å². The third-order valence-electron chi connectivity index (χ3n) is 6.33. The molecule has 29 heavy (non-hydrogen) atoms. The molecule has 3 aliphatic rings. The number of carbonyl (C=O) groups excluding carboxylic acids is 2. The highest BCUT2D eigenvalue weighted by Gasteiger charge is 2.62. The number of pyridine rings is 1. The number of aromatic nitrogens is 1. The number of primary amides is 1. The molecule has 2 aliphatic heterocycles. The van der Waals surface area contributed by atoms with E-state index < -0.39 is 11.6 Å². The molecule has 3 N–H and O–H groups in total. The van der Waals surface area contributed by atoms with Crippen molar-refractivity contribution in [3.8, 4) is 0 Å². The smallest absolute Gasteiger partial charge is 0.369 e. The number of hydrogen-bond acceptors (Lipinski definition) is 4. The van der Waals surface area contributed by atoms with Crippen LogP contribution in [-0.4, -0.2) is 65.6 Å². The van der Waals surface area contributed by atoms with Gasteiger partial charge in [-0.25, -0.2) is 9.78 Å². The maximum Gasteiger partial charge on any atom is 0.396 e. The van der Waals surface area contributed by atoms with Crippen LogP contribution in [-0.2, 0) is 4.79 Å². The second-order valence-electron chi connectivity index (χ2n) is 8.33. The van der Waals surface area contributed by atoms with Crippen molar-refractivity contribution in [2.24, 2.45) is 17.1 Å². The predicted molar refractivity (Wildman–Crippen MR) is 99.0 cm³/mol. The zero-order chi connectivity index (χ0) is 20.8. The van der Waals surface area contributed by atoms with Crippen molar-refractivity contribution in [2.75, 3.05) is 38.0 Å². The average Bonchev–Trinajstić information content (AvgIpc) is 3.27. The van der Waals surface area contributed by atoms with E-state index in [0.717, 1.165) is 5.56 Å². The van der Waals surface area contributed by atoms with Crippen LogP contribution in [0.2, 0.25) is 0 Å². The molecule has 4 rings (SSSR count). The molecule has 1 aliphatic carbocycles. The van der Waals surface area contributed by atoms with Crippen LogP contribution in [0.15, 0.2) is 18.3 Å². The number of carbonyl (C=O) groups is 2. The van der Waals surface area contributed by atoms with Crippen LogP contribution < -0.4 is 11.1 Å². The van der Waals surface area contributed by atoms with Crippen molar-refractivity contribution >= 4 is 17.8 Å². The lowest BCUT2D eigenvalue weighted by Gasteiger charge is -2.41. The highest BCUT2D eigenvalue weighted by Crippen LogP contribution is 2.57. The maximum absolute atomic E-state index is 13.0. The van der Waals surface area contributed by atoms with Gasteiger partial charge in [0.25, 0.3) is 0 Å². The molecule has 2 saturated heterocycles. The molecule has 158 valence electrons. The Kier molecular flexibility index (Phi) is 4.82. The van der Waals surface area contributed by atoms with Gasteiger partial charge in [-0.3, -0.25) is 4.79 Å². The summed E-state index contributed by atoms with van der Waals surface area (Å²) < 4.78 is 38.9. The van der Waals surface area contributed by atoms with Gasteiger partial charge in [-0.1, -0.05) is 6.07 Å². The Labute approximate surface area is 166 Å². The minimum atomic E-state index is -4.19. The van der Waals surface area contributed by atoms with Gasteiger partial charge in [0.15, 0.2) is 0 Å². The van der Waals surface area contributed by atoms with E-state index in [4.69, 9.17) is 5.73 Å². The van der Waals surface area contributed by atoms with Gasteiger partial charge >= 0.3 is 12.2 Å². The first kappa shape index (κ1) is 19.8. The van der Waals surface area contributed by atoms with Crippen molar-refractivity contribution in [1.82, 2.24) is 14.8 Å². The summed E-state index contributed by atoms with van der Waals surface area (Å²) in [7, 11) is 0. The molecule has 0 spiro atoms. The molecule has 3 fully saturated rings. The third kappa shape index (κ3) is 3.84. The molecule has 3 heterocycles. The van der Waals surface area contributed by atoms with E-state index >= 15 is 0 Å². The van der Waals surface area contributed by atoms with Gasteiger partial charge in [-0.15, -0.1) is 0 Å². The number of nitrogens with zero attached hydrogens (tertiary/aromatic N) is 3. The number of anilines is 1. The number of rotatable bonds is 5. The molecule has 7 nitrogen and oxygen atoms in total. The Balaban J connectivity index is 1.25. The van der Waals surface area contributed by atoms with Crippen LogP contribution in [0.1, 0.15) is 30.7 Å². The van der Waals surface area contributed by atoms with E-state index in [0.29, 0.717) is 38.4 Å². The minimum Gasteiger partial charge on any atom is -0.369 e. The fourth-order valence-electron chi connectivity index (χ4n) is 3.93. The lowest BCUT2D eigenvalue weighted by molar-refractivity contribution is -0.182. The van der Waals surface area contributed by atoms with Crippen molar-refractivity contribution in [3.63, 3.8) is 0 Å². The number of halogens is 3. The first-order valence-electron chi connectivity index (χ1n) is 9.78. The Morgan fingerprint density at radius 2 is 1.93 bits per heavy atom. The molecule has 1 atom stereocenters. The van der Waals surface area contributed by atoms with Gasteiger partial charge in [0.05, 0.1) is 11.3 Å². The van der Waals surface area contributed by atoms with Gasteiger partial charge in [-0.2, -0.15) is 13.2 Å². The van der Waals surface area contributed by atoms with Gasteiger partial charge in [0, 0.05) is 44.8 Å². The molecular formula is C19H24F3N5O2. The van der Waals surface area contributed by atoms with E-state index in [2.05, 4.69) is 10.3 Å². The van der Waals surface area contributed by atoms with E-state index in [-0.39, 0.29) is 43.2 Å². The van der Waals surface area contributed by atoms with Gasteiger partial charge < -0.3 is 20.9 Å². The zero-order valence-electron chi connectivity index (χ0n) is 15.9. The average molecular weight is 411 g/mol. The van der Waals surface area contributed by atoms with E-state index in [1.165, 1.54) is 0 Å². The number of nitrogens with two attached hydrogens (primary N) is 1. The largest absolute Gasteiger partial charge is 0.396 e. The first-order valence-corrected chi connectivity index (χ1v) is 9.78. The summed E-state index contributed by atoms with van der Waals surface area (Å²) in [6, 6.07) is 3.44. The van der Waals surface area contributed by atoms with Crippen LogP contribution in [0, 0.1) is 11.3 Å². The number of urea groups is 1. The normalized spacial score (nSPS) is 23.6. The highest BCUT2D eigenvalue weighted by atomic mass is 19.4. The summed E-state index contributed by atoms with van der Waals surface area (Å²) in [5.74, 6) is -0.0668. The third-order valence-corrected chi connectivity index (χ3v) is 6.33. The summed E-state index contributed by atoms with van der Waals surface area (Å²) in [6.07, 6.45) is -1.61. The molecule has 0 bridgehead atoms. The molecule has 10 heteroatoms. The number of likely N-dealkylation sites (tertiary alicyclic amines) is 2. The molecule has 1 aromatic heterocycles. The Bertz CT molecular complexity index is 788. The van der Waals surface area contributed by atoms with E-state index in [9.17, 15) is 22.8 Å². The topological polar surface area (TPSA) is 91.6 Å². The van der Waals surface area contributed by atoms with Crippen molar-refractivity contribution in [1.29, 1.82) is 0 Å². The number of nitrogens with one attached hydrogen (secondary N) is 1. The number of hydrogen-bond donors (Lipinski definition) is 2. The molecule has 0 radical (unpaired) electrons. The van der Waals surface area contributed by atoms with Crippen molar-refractivity contribution in [2.45, 2.75) is 31.4 Å². The lowest BCUT2D eigenvalue weighted by atomic mass is 9.93. The standard InChI is InChI=1S/C19H24F3N5O2/c20-19(21,22)18(4-5-18)11-25-15-2-1-12(7-24-15)14-9-27(10-14)17(29)26-6-3-13(8-26)16(23)28/h1-2,7,13-14H,3-6,8-11H2,(H2,23,28)(H,24,25)/t13-/m0/s1. The van der Waals surface area contributed by atoms with Crippen LogP contribution >= 0.6 is 0 Å². The Morgan fingerprint density at radius 3 is 2.45 bits per heavy atom. The maximum atomic E-state index is 13.0. The molecule has 0 unspecified atom stereocenters. The van der Waals surface area contributed by atoms with E-state index in [1.807, 2.05) is 6.07 Å². The second-order valence-corrected chi connectivity index (χ2v) is 8.33. The molecular weight excluding hydrogens is 387 g/mol. The van der Waals surface area contributed by atoms with Crippen molar-refractivity contribution in [3.05, 3.63) is 23.9 Å².